The topological polar surface area (TPSA) is 102 Å². The van der Waals surface area contributed by atoms with Gasteiger partial charge in [0.2, 0.25) is 0 Å². The monoisotopic (exact) mass is 476 g/mol. The van der Waals surface area contributed by atoms with Crippen LogP contribution < -0.4 is 16.2 Å². The van der Waals surface area contributed by atoms with Crippen molar-refractivity contribution in [3.05, 3.63) is 32.1 Å². The van der Waals surface area contributed by atoms with Gasteiger partial charge in [-0.25, -0.2) is 14.6 Å². The fraction of sp³-hybridized carbons (Fsp3) is 0.545. The van der Waals surface area contributed by atoms with Crippen molar-refractivity contribution in [1.29, 1.82) is 0 Å². The van der Waals surface area contributed by atoms with Gasteiger partial charge in [-0.3, -0.25) is 9.36 Å². The number of hydrogen-bond acceptors (Lipinski definition) is 7. The van der Waals surface area contributed by atoms with Crippen LogP contribution in [0.2, 0.25) is 0 Å². The maximum absolute atomic E-state index is 13.5. The fourth-order valence-electron chi connectivity index (χ4n) is 4.09. The van der Waals surface area contributed by atoms with E-state index in [-0.39, 0.29) is 24.7 Å². The molecule has 32 heavy (non-hydrogen) atoms. The lowest BCUT2D eigenvalue weighted by atomic mass is 10.2. The van der Waals surface area contributed by atoms with Gasteiger partial charge in [-0.1, -0.05) is 31.5 Å². The van der Waals surface area contributed by atoms with Crippen LogP contribution in [-0.4, -0.2) is 40.5 Å². The van der Waals surface area contributed by atoms with Crippen LogP contribution in [0.3, 0.4) is 0 Å². The number of carbonyl (C=O) groups is 2. The van der Waals surface area contributed by atoms with E-state index < -0.39 is 5.97 Å². The molecular weight excluding hydrogens is 448 g/mol. The molecule has 4 rings (SSSR count). The molecule has 0 aromatic carbocycles. The number of unbranched alkanes of at least 4 members (excludes halogenated alkanes) is 2. The van der Waals surface area contributed by atoms with Crippen molar-refractivity contribution in [3.8, 4) is 0 Å². The summed E-state index contributed by atoms with van der Waals surface area (Å²) in [5.41, 5.74) is 2.11. The molecule has 0 fully saturated rings. The first kappa shape index (κ1) is 22.8. The maximum atomic E-state index is 13.5. The molecule has 172 valence electrons. The normalized spacial score (nSPS) is 15.6. The van der Waals surface area contributed by atoms with Crippen molar-refractivity contribution in [2.24, 2.45) is 0 Å². The molecule has 1 aliphatic heterocycles. The standard InChI is InChI=1S/C22H28N4O4S2/c1-3-5-6-10-26-19(27)17-13-8-7-9-16(13)32-18(17)25-22(26)31-12-15-14(20(28)30-4-2)11-23-21(29)24-15/h3-12H2,1-2H3,(H2,23,24,29). The zero-order chi connectivity index (χ0) is 22.7. The van der Waals surface area contributed by atoms with E-state index in [0.29, 0.717) is 28.7 Å². The van der Waals surface area contributed by atoms with Crippen molar-refractivity contribution in [2.75, 3.05) is 18.9 Å². The number of rotatable bonds is 9. The van der Waals surface area contributed by atoms with Crippen molar-refractivity contribution < 1.29 is 14.3 Å². The molecular formula is C22H28N4O4S2. The quantitative estimate of drug-likeness (QED) is 0.249. The summed E-state index contributed by atoms with van der Waals surface area (Å²) in [6.45, 7) is 4.87. The van der Waals surface area contributed by atoms with Crippen molar-refractivity contribution in [1.82, 2.24) is 20.2 Å². The van der Waals surface area contributed by atoms with Gasteiger partial charge in [-0.05, 0) is 38.2 Å². The largest absolute Gasteiger partial charge is 0.463 e. The summed E-state index contributed by atoms with van der Waals surface area (Å²) in [5, 5.41) is 6.75. The highest BCUT2D eigenvalue weighted by Gasteiger charge is 2.26. The van der Waals surface area contributed by atoms with Crippen LogP contribution >= 0.6 is 23.1 Å². The average Bonchev–Trinajstić information content (AvgIpc) is 3.35. The van der Waals surface area contributed by atoms with E-state index in [9.17, 15) is 14.4 Å². The van der Waals surface area contributed by atoms with Gasteiger partial charge in [0, 0.05) is 22.9 Å². The molecule has 0 atom stereocenters. The summed E-state index contributed by atoms with van der Waals surface area (Å²) in [5.74, 6) is -0.132. The van der Waals surface area contributed by atoms with Crippen LogP contribution in [0, 0.1) is 0 Å². The zero-order valence-electron chi connectivity index (χ0n) is 18.4. The van der Waals surface area contributed by atoms with Gasteiger partial charge < -0.3 is 15.4 Å². The van der Waals surface area contributed by atoms with Crippen LogP contribution in [0.25, 0.3) is 10.2 Å². The van der Waals surface area contributed by atoms with E-state index in [4.69, 9.17) is 9.72 Å². The zero-order valence-corrected chi connectivity index (χ0v) is 20.0. The van der Waals surface area contributed by atoms with Crippen LogP contribution in [0.1, 0.15) is 50.0 Å². The number of aryl methyl sites for hydroxylation is 2. The Kier molecular flexibility index (Phi) is 7.20. The number of fused-ring (bicyclic) bond motifs is 3. The van der Waals surface area contributed by atoms with E-state index in [1.807, 2.05) is 0 Å². The molecule has 2 amide bonds. The molecule has 0 unspecified atom stereocenters. The Labute approximate surface area is 194 Å². The van der Waals surface area contributed by atoms with Gasteiger partial charge in [0.05, 0.1) is 24.1 Å². The molecule has 1 aliphatic carbocycles. The first-order valence-corrected chi connectivity index (χ1v) is 13.0. The number of nitrogens with zero attached hydrogens (tertiary/aromatic N) is 2. The highest BCUT2D eigenvalue weighted by Crippen LogP contribution is 2.36. The van der Waals surface area contributed by atoms with Crippen molar-refractivity contribution in [3.63, 3.8) is 0 Å². The van der Waals surface area contributed by atoms with E-state index in [2.05, 4.69) is 17.6 Å². The lowest BCUT2D eigenvalue weighted by molar-refractivity contribution is -0.138. The fourth-order valence-corrected chi connectivity index (χ4v) is 6.41. The average molecular weight is 477 g/mol. The van der Waals surface area contributed by atoms with Crippen molar-refractivity contribution in [2.45, 2.75) is 64.1 Å². The third kappa shape index (κ3) is 4.56. The minimum atomic E-state index is -0.450. The molecule has 2 aromatic heterocycles. The minimum absolute atomic E-state index is 0.0296. The molecule has 0 bridgehead atoms. The summed E-state index contributed by atoms with van der Waals surface area (Å²) < 4.78 is 6.91. The van der Waals surface area contributed by atoms with Gasteiger partial charge >= 0.3 is 12.0 Å². The second-order valence-corrected chi connectivity index (χ2v) is 9.90. The van der Waals surface area contributed by atoms with Crippen LogP contribution in [0.15, 0.2) is 21.2 Å². The Morgan fingerprint density at radius 2 is 2.09 bits per heavy atom. The summed E-state index contributed by atoms with van der Waals surface area (Å²) in [4.78, 5) is 44.6. The number of urea groups is 1. The van der Waals surface area contributed by atoms with Gasteiger partial charge in [0.25, 0.3) is 5.56 Å². The molecule has 0 saturated heterocycles. The number of thiophene rings is 1. The van der Waals surface area contributed by atoms with Gasteiger partial charge in [-0.2, -0.15) is 0 Å². The Morgan fingerprint density at radius 1 is 1.25 bits per heavy atom. The number of carbonyl (C=O) groups excluding carboxylic acids is 2. The van der Waals surface area contributed by atoms with Gasteiger partial charge in [-0.15, -0.1) is 11.3 Å². The summed E-state index contributed by atoms with van der Waals surface area (Å²) in [6, 6.07) is -0.355. The summed E-state index contributed by atoms with van der Waals surface area (Å²) in [6.07, 6.45) is 6.07. The molecule has 2 aromatic rings. The Hall–Kier alpha value is -2.33. The lowest BCUT2D eigenvalue weighted by Gasteiger charge is -2.21. The lowest BCUT2D eigenvalue weighted by Crippen LogP contribution is -2.44. The Morgan fingerprint density at radius 3 is 2.88 bits per heavy atom. The second kappa shape index (κ2) is 10.1. The number of ether oxygens (including phenoxy) is 1. The molecule has 0 radical (unpaired) electrons. The van der Waals surface area contributed by atoms with E-state index in [0.717, 1.165) is 48.7 Å². The Bertz CT molecular complexity index is 1140. The molecule has 0 saturated carbocycles. The summed E-state index contributed by atoms with van der Waals surface area (Å²) in [7, 11) is 0. The highest BCUT2D eigenvalue weighted by atomic mass is 32.2. The molecule has 8 nitrogen and oxygen atoms in total. The molecule has 3 heterocycles. The SMILES string of the molecule is CCCCCn1c(SCC2=C(C(=O)OCC)CNC(=O)N2)nc2sc3c(c2c1=O)CCC3. The first-order valence-electron chi connectivity index (χ1n) is 11.1. The predicted octanol–water partition coefficient (Wildman–Crippen LogP) is 3.36. The Balaban J connectivity index is 1.68. The highest BCUT2D eigenvalue weighted by molar-refractivity contribution is 7.99. The first-order chi connectivity index (χ1) is 15.5. The number of hydrogen-bond donors (Lipinski definition) is 2. The minimum Gasteiger partial charge on any atom is -0.463 e. The number of thioether (sulfide) groups is 1. The van der Waals surface area contributed by atoms with Gasteiger partial charge in [0.1, 0.15) is 4.83 Å². The van der Waals surface area contributed by atoms with Crippen molar-refractivity contribution >= 4 is 45.3 Å². The molecule has 10 heteroatoms. The van der Waals surface area contributed by atoms with E-state index >= 15 is 0 Å². The number of amides is 2. The maximum Gasteiger partial charge on any atom is 0.337 e. The summed E-state index contributed by atoms with van der Waals surface area (Å²) >= 11 is 3.00. The molecule has 2 N–H and O–H groups in total. The number of aromatic nitrogens is 2. The number of esters is 1. The van der Waals surface area contributed by atoms with E-state index in [1.54, 1.807) is 22.8 Å². The molecule has 0 spiro atoms. The third-order valence-corrected chi connectivity index (χ3v) is 7.89. The third-order valence-electron chi connectivity index (χ3n) is 5.70. The van der Waals surface area contributed by atoms with Crippen LogP contribution in [-0.2, 0) is 28.9 Å². The van der Waals surface area contributed by atoms with Crippen LogP contribution in [0.4, 0.5) is 4.79 Å². The second-order valence-electron chi connectivity index (χ2n) is 7.87. The smallest absolute Gasteiger partial charge is 0.337 e. The number of nitrogens with one attached hydrogen (secondary N) is 2. The van der Waals surface area contributed by atoms with E-state index in [1.165, 1.54) is 22.2 Å². The van der Waals surface area contributed by atoms with Crippen LogP contribution in [0.5, 0.6) is 0 Å². The molecule has 2 aliphatic rings. The predicted molar refractivity (Wildman–Crippen MR) is 126 cm³/mol. The van der Waals surface area contributed by atoms with Gasteiger partial charge in [0.15, 0.2) is 5.16 Å².